The molecule has 1 aliphatic rings. The van der Waals surface area contributed by atoms with E-state index in [0.717, 1.165) is 44.2 Å². The molecule has 5 heteroatoms. The van der Waals surface area contributed by atoms with Gasteiger partial charge < -0.3 is 5.32 Å². The van der Waals surface area contributed by atoms with Crippen molar-refractivity contribution in [1.82, 2.24) is 10.2 Å². The maximum Gasteiger partial charge on any atom is 0.0363 e. The van der Waals surface area contributed by atoms with Crippen molar-refractivity contribution in [2.45, 2.75) is 20.0 Å². The molecule has 2 rings (SSSR count). The van der Waals surface area contributed by atoms with E-state index in [0.29, 0.717) is 0 Å². The first-order valence-corrected chi connectivity index (χ1v) is 9.02. The van der Waals surface area contributed by atoms with Gasteiger partial charge in [0.05, 0.1) is 0 Å². The van der Waals surface area contributed by atoms with Crippen molar-refractivity contribution < 1.29 is 4.21 Å². The fourth-order valence-corrected chi connectivity index (χ4v) is 3.85. The zero-order valence-corrected chi connectivity index (χ0v) is 13.7. The molecule has 0 radical (unpaired) electrons. The zero-order chi connectivity index (χ0) is 13.7. The third kappa shape index (κ3) is 4.67. The number of rotatable bonds is 5. The van der Waals surface area contributed by atoms with Gasteiger partial charge >= 0.3 is 0 Å². The second-order valence-electron chi connectivity index (χ2n) is 4.83. The summed E-state index contributed by atoms with van der Waals surface area (Å²) in [5.41, 5.74) is 2.62. The lowest BCUT2D eigenvalue weighted by Gasteiger charge is -2.26. The second kappa shape index (κ2) is 7.53. The molecule has 1 heterocycles. The van der Waals surface area contributed by atoms with Crippen LogP contribution < -0.4 is 5.32 Å². The molecule has 0 aliphatic carbocycles. The van der Waals surface area contributed by atoms with E-state index in [-0.39, 0.29) is 0 Å². The smallest absolute Gasteiger partial charge is 0.0363 e. The Morgan fingerprint density at radius 1 is 1.37 bits per heavy atom. The van der Waals surface area contributed by atoms with Gasteiger partial charge in [-0.25, -0.2) is 0 Å². The Hall–Kier alpha value is -0.230. The molecule has 1 aromatic rings. The number of benzene rings is 1. The van der Waals surface area contributed by atoms with Crippen LogP contribution in [0.3, 0.4) is 0 Å². The number of hydrogen-bond donors (Lipinski definition) is 1. The number of nitrogens with one attached hydrogen (secondary N) is 1. The fraction of sp³-hybridized carbons (Fsp3) is 0.571. The highest BCUT2D eigenvalue weighted by Gasteiger charge is 2.16. The average Bonchev–Trinajstić information content (AvgIpc) is 2.41. The Labute approximate surface area is 126 Å². The lowest BCUT2D eigenvalue weighted by atomic mass is 10.1. The molecule has 0 spiro atoms. The van der Waals surface area contributed by atoms with Crippen molar-refractivity contribution in [1.29, 1.82) is 0 Å². The molecule has 0 amide bonds. The maximum atomic E-state index is 11.3. The Kier molecular flexibility index (Phi) is 6.01. The van der Waals surface area contributed by atoms with E-state index < -0.39 is 10.8 Å². The summed E-state index contributed by atoms with van der Waals surface area (Å²) >= 11 is 3.66. The quantitative estimate of drug-likeness (QED) is 0.887. The van der Waals surface area contributed by atoms with Crippen molar-refractivity contribution in [3.63, 3.8) is 0 Å². The summed E-state index contributed by atoms with van der Waals surface area (Å²) in [5, 5.41) is 3.33. The van der Waals surface area contributed by atoms with Gasteiger partial charge in [-0.05, 0) is 23.7 Å². The van der Waals surface area contributed by atoms with Crippen LogP contribution in [0.2, 0.25) is 0 Å². The summed E-state index contributed by atoms with van der Waals surface area (Å²) in [5.74, 6) is 1.63. The molecular formula is C14H21BrN2OS. The highest BCUT2D eigenvalue weighted by atomic mass is 79.9. The SMILES string of the molecule is CCNCc1ccc(CN2CCS(=O)CC2)c(Br)c1. The molecule has 19 heavy (non-hydrogen) atoms. The van der Waals surface area contributed by atoms with Crippen LogP contribution in [0.15, 0.2) is 22.7 Å². The predicted molar refractivity (Wildman–Crippen MR) is 84.7 cm³/mol. The van der Waals surface area contributed by atoms with Crippen molar-refractivity contribution in [2.24, 2.45) is 0 Å². The lowest BCUT2D eigenvalue weighted by molar-refractivity contribution is 0.291. The van der Waals surface area contributed by atoms with Crippen LogP contribution in [0.5, 0.6) is 0 Å². The molecule has 1 fully saturated rings. The van der Waals surface area contributed by atoms with E-state index in [2.05, 4.69) is 51.3 Å². The first-order chi connectivity index (χ1) is 9.19. The van der Waals surface area contributed by atoms with Gasteiger partial charge in [0, 0.05) is 53.0 Å². The van der Waals surface area contributed by atoms with Crippen molar-refractivity contribution in [3.8, 4) is 0 Å². The van der Waals surface area contributed by atoms with Gasteiger partial charge in [-0.1, -0.05) is 35.0 Å². The van der Waals surface area contributed by atoms with E-state index >= 15 is 0 Å². The Morgan fingerprint density at radius 3 is 2.74 bits per heavy atom. The maximum absolute atomic E-state index is 11.3. The normalized spacial score (nSPS) is 17.8. The van der Waals surface area contributed by atoms with Gasteiger partial charge in [-0.2, -0.15) is 0 Å². The third-order valence-electron chi connectivity index (χ3n) is 3.36. The van der Waals surface area contributed by atoms with Crippen LogP contribution in [-0.4, -0.2) is 40.2 Å². The standard InChI is InChI=1S/C14H21BrN2OS/c1-2-16-10-12-3-4-13(14(15)9-12)11-17-5-7-19(18)8-6-17/h3-4,9,16H,2,5-8,10-11H2,1H3. The summed E-state index contributed by atoms with van der Waals surface area (Å²) in [6.45, 7) is 6.85. The van der Waals surface area contributed by atoms with Gasteiger partial charge in [0.1, 0.15) is 0 Å². The number of hydrogen-bond acceptors (Lipinski definition) is 3. The highest BCUT2D eigenvalue weighted by molar-refractivity contribution is 9.10. The van der Waals surface area contributed by atoms with Gasteiger partial charge in [0.15, 0.2) is 0 Å². The Morgan fingerprint density at radius 2 is 2.11 bits per heavy atom. The predicted octanol–water partition coefficient (Wildman–Crippen LogP) is 2.12. The molecule has 1 aromatic carbocycles. The van der Waals surface area contributed by atoms with Crippen LogP contribution in [0, 0.1) is 0 Å². The number of nitrogens with zero attached hydrogens (tertiary/aromatic N) is 1. The van der Waals surface area contributed by atoms with Gasteiger partial charge in [0.25, 0.3) is 0 Å². The van der Waals surface area contributed by atoms with Crippen LogP contribution >= 0.6 is 15.9 Å². The number of halogens is 1. The van der Waals surface area contributed by atoms with Crippen molar-refractivity contribution in [3.05, 3.63) is 33.8 Å². The van der Waals surface area contributed by atoms with E-state index in [4.69, 9.17) is 0 Å². The summed E-state index contributed by atoms with van der Waals surface area (Å²) in [6.07, 6.45) is 0. The largest absolute Gasteiger partial charge is 0.313 e. The minimum absolute atomic E-state index is 0.593. The molecule has 0 aromatic heterocycles. The average molecular weight is 345 g/mol. The minimum Gasteiger partial charge on any atom is -0.313 e. The van der Waals surface area contributed by atoms with Gasteiger partial charge in [-0.3, -0.25) is 9.11 Å². The first kappa shape index (κ1) is 15.2. The Bertz CT molecular complexity index is 443. The first-order valence-electron chi connectivity index (χ1n) is 6.74. The van der Waals surface area contributed by atoms with E-state index in [1.165, 1.54) is 15.6 Å². The molecular weight excluding hydrogens is 324 g/mol. The molecule has 0 bridgehead atoms. The molecule has 1 saturated heterocycles. The van der Waals surface area contributed by atoms with Crippen LogP contribution in [0.25, 0.3) is 0 Å². The zero-order valence-electron chi connectivity index (χ0n) is 11.3. The topological polar surface area (TPSA) is 32.3 Å². The van der Waals surface area contributed by atoms with Crippen molar-refractivity contribution >= 4 is 26.7 Å². The van der Waals surface area contributed by atoms with Crippen molar-refractivity contribution in [2.75, 3.05) is 31.1 Å². The highest BCUT2D eigenvalue weighted by Crippen LogP contribution is 2.21. The monoisotopic (exact) mass is 344 g/mol. The lowest BCUT2D eigenvalue weighted by Crippen LogP contribution is -2.37. The molecule has 0 unspecified atom stereocenters. The Balaban J connectivity index is 1.95. The molecule has 0 atom stereocenters. The fourth-order valence-electron chi connectivity index (χ4n) is 2.17. The molecule has 106 valence electrons. The molecule has 1 N–H and O–H groups in total. The molecule has 1 aliphatic heterocycles. The van der Waals surface area contributed by atoms with E-state index in [1.54, 1.807) is 0 Å². The van der Waals surface area contributed by atoms with Crippen LogP contribution in [-0.2, 0) is 23.9 Å². The molecule has 0 saturated carbocycles. The summed E-state index contributed by atoms with van der Waals surface area (Å²) in [4.78, 5) is 2.38. The second-order valence-corrected chi connectivity index (χ2v) is 7.38. The van der Waals surface area contributed by atoms with E-state index in [9.17, 15) is 4.21 Å². The molecule has 3 nitrogen and oxygen atoms in total. The third-order valence-corrected chi connectivity index (χ3v) is 5.37. The van der Waals surface area contributed by atoms with E-state index in [1.807, 2.05) is 0 Å². The minimum atomic E-state index is -0.593. The van der Waals surface area contributed by atoms with Crippen LogP contribution in [0.1, 0.15) is 18.1 Å². The van der Waals surface area contributed by atoms with Crippen LogP contribution in [0.4, 0.5) is 0 Å². The summed E-state index contributed by atoms with van der Waals surface area (Å²) in [6, 6.07) is 6.58. The summed E-state index contributed by atoms with van der Waals surface area (Å²) < 4.78 is 12.5. The van der Waals surface area contributed by atoms with Gasteiger partial charge in [0.2, 0.25) is 0 Å². The van der Waals surface area contributed by atoms with Gasteiger partial charge in [-0.15, -0.1) is 0 Å². The summed E-state index contributed by atoms with van der Waals surface area (Å²) in [7, 11) is -0.593.